The van der Waals surface area contributed by atoms with Crippen molar-refractivity contribution in [1.29, 1.82) is 0 Å². The second-order valence-electron chi connectivity index (χ2n) is 4.22. The van der Waals surface area contributed by atoms with Crippen LogP contribution in [0.5, 0.6) is 0 Å². The highest BCUT2D eigenvalue weighted by atomic mass is 32.1. The largest absolute Gasteiger partial charge is 0.143 e. The van der Waals surface area contributed by atoms with Gasteiger partial charge in [-0.1, -0.05) is 48.9 Å². The van der Waals surface area contributed by atoms with Crippen molar-refractivity contribution in [3.63, 3.8) is 0 Å². The minimum Gasteiger partial charge on any atom is -0.143 e. The third kappa shape index (κ3) is 2.18. The lowest BCUT2D eigenvalue weighted by molar-refractivity contribution is 0.626. The van der Waals surface area contributed by atoms with Crippen molar-refractivity contribution in [2.75, 3.05) is 0 Å². The molecular formula is C14H16S. The molecule has 0 spiro atoms. The molecule has 0 fully saturated rings. The molecule has 0 aliphatic heterocycles. The first-order valence-electron chi connectivity index (χ1n) is 5.33. The number of aryl methyl sites for hydroxylation is 1. The summed E-state index contributed by atoms with van der Waals surface area (Å²) in [5.41, 5.74) is 2.64. The predicted octanol–water partition coefficient (Wildman–Crippen LogP) is 4.13. The predicted molar refractivity (Wildman–Crippen MR) is 68.6 cm³/mol. The van der Waals surface area contributed by atoms with E-state index in [1.54, 1.807) is 0 Å². The van der Waals surface area contributed by atoms with Gasteiger partial charge in [0, 0.05) is 10.8 Å². The molecule has 0 heterocycles. The molecule has 1 aromatic rings. The van der Waals surface area contributed by atoms with Gasteiger partial charge in [0.2, 0.25) is 0 Å². The summed E-state index contributed by atoms with van der Waals surface area (Å²) in [4.78, 5) is 1.09. The lowest BCUT2D eigenvalue weighted by atomic mass is 9.84. The van der Waals surface area contributed by atoms with Crippen molar-refractivity contribution in [3.05, 3.63) is 53.6 Å². The van der Waals surface area contributed by atoms with E-state index in [0.29, 0.717) is 11.8 Å². The third-order valence-corrected chi connectivity index (χ3v) is 3.36. The van der Waals surface area contributed by atoms with Crippen molar-refractivity contribution in [1.82, 2.24) is 0 Å². The highest BCUT2D eigenvalue weighted by Crippen LogP contribution is 2.33. The monoisotopic (exact) mass is 216 g/mol. The van der Waals surface area contributed by atoms with E-state index in [-0.39, 0.29) is 0 Å². The molecule has 1 aliphatic rings. The zero-order valence-corrected chi connectivity index (χ0v) is 10.0. The Balaban J connectivity index is 2.40. The second kappa shape index (κ2) is 4.28. The Bertz CT molecular complexity index is 415. The maximum absolute atomic E-state index is 4.54. The molecule has 0 amide bonds. The summed E-state index contributed by atoms with van der Waals surface area (Å²) in [6, 6.07) is 6.44. The molecule has 2 rings (SSSR count). The fourth-order valence-electron chi connectivity index (χ4n) is 2.05. The summed E-state index contributed by atoms with van der Waals surface area (Å²) in [5.74, 6) is 1.03. The fraction of sp³-hybridized carbons (Fsp3) is 0.286. The van der Waals surface area contributed by atoms with Crippen LogP contribution in [0.4, 0.5) is 0 Å². The molecule has 0 saturated carbocycles. The van der Waals surface area contributed by atoms with Gasteiger partial charge in [-0.15, -0.1) is 12.6 Å². The van der Waals surface area contributed by atoms with Gasteiger partial charge >= 0.3 is 0 Å². The van der Waals surface area contributed by atoms with Crippen LogP contribution in [0.2, 0.25) is 0 Å². The molecule has 2 atom stereocenters. The van der Waals surface area contributed by atoms with Gasteiger partial charge in [-0.05, 0) is 24.5 Å². The summed E-state index contributed by atoms with van der Waals surface area (Å²) in [5, 5.41) is 0. The normalized spacial score (nSPS) is 24.5. The van der Waals surface area contributed by atoms with Crippen LogP contribution in [0, 0.1) is 12.8 Å². The molecule has 0 aromatic heterocycles. The molecule has 0 saturated heterocycles. The molecule has 0 nitrogen and oxygen atoms in total. The van der Waals surface area contributed by atoms with E-state index in [0.717, 1.165) is 4.90 Å². The fourth-order valence-corrected chi connectivity index (χ4v) is 2.33. The molecule has 15 heavy (non-hydrogen) atoms. The molecule has 1 aliphatic carbocycles. The number of hydrogen-bond acceptors (Lipinski definition) is 1. The van der Waals surface area contributed by atoms with Crippen molar-refractivity contribution < 1.29 is 0 Å². The van der Waals surface area contributed by atoms with Crippen LogP contribution in [-0.4, -0.2) is 0 Å². The highest BCUT2D eigenvalue weighted by Gasteiger charge is 2.18. The van der Waals surface area contributed by atoms with Crippen LogP contribution in [0.1, 0.15) is 24.0 Å². The van der Waals surface area contributed by atoms with Gasteiger partial charge in [0.25, 0.3) is 0 Å². The van der Waals surface area contributed by atoms with Crippen LogP contribution in [0.15, 0.2) is 47.4 Å². The number of rotatable bonds is 1. The molecule has 2 unspecified atom stereocenters. The minimum atomic E-state index is 0.474. The Morgan fingerprint density at radius 2 is 1.87 bits per heavy atom. The second-order valence-corrected chi connectivity index (χ2v) is 4.70. The van der Waals surface area contributed by atoms with Gasteiger partial charge < -0.3 is 0 Å². The van der Waals surface area contributed by atoms with Gasteiger partial charge in [0.1, 0.15) is 0 Å². The van der Waals surface area contributed by atoms with Crippen molar-refractivity contribution in [2.45, 2.75) is 24.7 Å². The topological polar surface area (TPSA) is 0 Å². The Morgan fingerprint density at radius 1 is 1.13 bits per heavy atom. The maximum Gasteiger partial charge on any atom is 0.00924 e. The SMILES string of the molecule is Cc1ccc(S)c(C2C=CC=CC2C)c1. The summed E-state index contributed by atoms with van der Waals surface area (Å²) < 4.78 is 0. The molecule has 0 N–H and O–H groups in total. The quantitative estimate of drug-likeness (QED) is 0.670. The number of benzene rings is 1. The Labute approximate surface area is 97.1 Å². The third-order valence-electron chi connectivity index (χ3n) is 2.95. The summed E-state index contributed by atoms with van der Waals surface area (Å²) >= 11 is 4.54. The van der Waals surface area contributed by atoms with E-state index in [4.69, 9.17) is 0 Å². The van der Waals surface area contributed by atoms with Crippen molar-refractivity contribution in [3.8, 4) is 0 Å². The molecule has 78 valence electrons. The molecule has 0 radical (unpaired) electrons. The molecule has 1 aromatic carbocycles. The first-order valence-corrected chi connectivity index (χ1v) is 5.77. The Morgan fingerprint density at radius 3 is 2.60 bits per heavy atom. The molecule has 0 bridgehead atoms. The van der Waals surface area contributed by atoms with E-state index in [2.05, 4.69) is 69.0 Å². The van der Waals surface area contributed by atoms with E-state index < -0.39 is 0 Å². The lowest BCUT2D eigenvalue weighted by Gasteiger charge is -2.22. The summed E-state index contributed by atoms with van der Waals surface area (Å²) in [6.45, 7) is 4.38. The van der Waals surface area contributed by atoms with Gasteiger partial charge in [-0.25, -0.2) is 0 Å². The zero-order chi connectivity index (χ0) is 10.8. The average molecular weight is 216 g/mol. The number of thiol groups is 1. The van der Waals surface area contributed by atoms with Gasteiger partial charge in [0.05, 0.1) is 0 Å². The van der Waals surface area contributed by atoms with Crippen LogP contribution in [0.3, 0.4) is 0 Å². The molecular weight excluding hydrogens is 200 g/mol. The summed E-state index contributed by atoms with van der Waals surface area (Å²) in [7, 11) is 0. The van der Waals surface area contributed by atoms with E-state index in [1.807, 2.05) is 0 Å². The maximum atomic E-state index is 4.54. The van der Waals surface area contributed by atoms with Crippen LogP contribution < -0.4 is 0 Å². The first-order chi connectivity index (χ1) is 7.18. The first kappa shape index (κ1) is 10.6. The van der Waals surface area contributed by atoms with E-state index in [9.17, 15) is 0 Å². The zero-order valence-electron chi connectivity index (χ0n) is 9.14. The summed E-state index contributed by atoms with van der Waals surface area (Å²) in [6.07, 6.45) is 8.76. The molecule has 1 heteroatoms. The van der Waals surface area contributed by atoms with Crippen LogP contribution in [0.25, 0.3) is 0 Å². The lowest BCUT2D eigenvalue weighted by Crippen LogP contribution is -2.08. The van der Waals surface area contributed by atoms with Crippen LogP contribution in [-0.2, 0) is 0 Å². The van der Waals surface area contributed by atoms with E-state index >= 15 is 0 Å². The van der Waals surface area contributed by atoms with Gasteiger partial charge in [-0.2, -0.15) is 0 Å². The number of allylic oxidation sites excluding steroid dienone is 4. The minimum absolute atomic E-state index is 0.474. The number of hydrogen-bond donors (Lipinski definition) is 1. The average Bonchev–Trinajstić information content (AvgIpc) is 2.23. The standard InChI is InChI=1S/C14H16S/c1-10-7-8-14(15)13(9-10)12-6-4-3-5-11(12)2/h3-9,11-12,15H,1-2H3. The Hall–Kier alpha value is -0.950. The van der Waals surface area contributed by atoms with E-state index in [1.165, 1.54) is 11.1 Å². The Kier molecular flexibility index (Phi) is 3.01. The van der Waals surface area contributed by atoms with Gasteiger partial charge in [-0.3, -0.25) is 0 Å². The van der Waals surface area contributed by atoms with Crippen molar-refractivity contribution >= 4 is 12.6 Å². The van der Waals surface area contributed by atoms with Gasteiger partial charge in [0.15, 0.2) is 0 Å². The smallest absolute Gasteiger partial charge is 0.00924 e. The van der Waals surface area contributed by atoms with Crippen LogP contribution >= 0.6 is 12.6 Å². The van der Waals surface area contributed by atoms with Crippen molar-refractivity contribution in [2.24, 2.45) is 5.92 Å². The highest BCUT2D eigenvalue weighted by molar-refractivity contribution is 7.80.